The summed E-state index contributed by atoms with van der Waals surface area (Å²) in [6.45, 7) is 6.16. The zero-order chi connectivity index (χ0) is 29.6. The Morgan fingerprint density at radius 2 is 1.82 bits per heavy atom. The average Bonchev–Trinajstić information content (AvgIpc) is 2.86. The highest BCUT2D eigenvalue weighted by Gasteiger charge is 2.28. The summed E-state index contributed by atoms with van der Waals surface area (Å²) < 4.78 is 49.7. The third-order valence-electron chi connectivity index (χ3n) is 7.32. The van der Waals surface area contributed by atoms with Gasteiger partial charge in [0, 0.05) is 38.8 Å². The molecule has 0 aromatic heterocycles. The number of anilines is 1. The number of halogens is 1. The Hall–Kier alpha value is -2.92. The summed E-state index contributed by atoms with van der Waals surface area (Å²) >= 11 is 0. The molecule has 1 aromatic carbocycles. The van der Waals surface area contributed by atoms with Crippen LogP contribution in [-0.2, 0) is 24.1 Å². The van der Waals surface area contributed by atoms with E-state index >= 15 is 0 Å². The van der Waals surface area contributed by atoms with E-state index in [9.17, 15) is 27.5 Å². The van der Waals surface area contributed by atoms with Crippen LogP contribution in [-0.4, -0.2) is 87.5 Å². The van der Waals surface area contributed by atoms with Gasteiger partial charge in [0.2, 0.25) is 0 Å². The van der Waals surface area contributed by atoms with Crippen LogP contribution in [0.15, 0.2) is 35.9 Å². The van der Waals surface area contributed by atoms with E-state index in [1.165, 1.54) is 17.0 Å². The molecule has 0 aliphatic carbocycles. The molecule has 1 amide bonds. The number of aliphatic hydroxyl groups excluding tert-OH is 1. The zero-order valence-corrected chi connectivity index (χ0v) is 24.7. The quantitative estimate of drug-likeness (QED) is 0.423. The molecule has 0 radical (unpaired) electrons. The maximum atomic E-state index is 14.6. The van der Waals surface area contributed by atoms with Crippen LogP contribution < -0.4 is 4.90 Å². The molecule has 1 N–H and O–H groups in total. The summed E-state index contributed by atoms with van der Waals surface area (Å²) in [4.78, 5) is 28.2. The maximum Gasteiger partial charge on any atom is 0.409 e. The van der Waals surface area contributed by atoms with Gasteiger partial charge in [-0.25, -0.2) is 17.6 Å². The van der Waals surface area contributed by atoms with Crippen molar-refractivity contribution in [3.8, 4) is 0 Å². The van der Waals surface area contributed by atoms with Gasteiger partial charge in [0.15, 0.2) is 9.84 Å². The SMILES string of the molecule is C/C(=C\c1cc(F)cc(N2CCS(=O)(=O)CC2)c1)[C@H]1OC(=O)C[C@H](O)CC[C@H](C)[C@@H](OC(=O)N(C)C)/C=C/[C@@H]1C. The topological polar surface area (TPSA) is 113 Å². The third-order valence-corrected chi connectivity index (χ3v) is 8.93. The molecule has 0 saturated carbocycles. The first-order chi connectivity index (χ1) is 18.7. The number of carbonyl (C=O) groups is 2. The number of nitrogens with zero attached hydrogens (tertiary/aromatic N) is 2. The van der Waals surface area contributed by atoms with Gasteiger partial charge in [0.25, 0.3) is 0 Å². The van der Waals surface area contributed by atoms with Crippen LogP contribution in [0, 0.1) is 17.7 Å². The van der Waals surface area contributed by atoms with E-state index in [1.54, 1.807) is 39.2 Å². The molecule has 2 aliphatic heterocycles. The maximum absolute atomic E-state index is 14.6. The molecule has 2 heterocycles. The van der Waals surface area contributed by atoms with E-state index in [2.05, 4.69) is 0 Å². The van der Waals surface area contributed by atoms with Crippen molar-refractivity contribution in [2.45, 2.75) is 58.3 Å². The first kappa shape index (κ1) is 31.6. The van der Waals surface area contributed by atoms with Gasteiger partial charge in [0.05, 0.1) is 24.0 Å². The van der Waals surface area contributed by atoms with Crippen molar-refractivity contribution in [1.82, 2.24) is 4.90 Å². The highest BCUT2D eigenvalue weighted by Crippen LogP contribution is 2.27. The lowest BCUT2D eigenvalue weighted by Gasteiger charge is -2.29. The summed E-state index contributed by atoms with van der Waals surface area (Å²) in [7, 11) is 0.130. The van der Waals surface area contributed by atoms with E-state index in [0.29, 0.717) is 29.7 Å². The van der Waals surface area contributed by atoms with Gasteiger partial charge in [-0.2, -0.15) is 0 Å². The van der Waals surface area contributed by atoms with Gasteiger partial charge in [-0.1, -0.05) is 26.0 Å². The first-order valence-corrected chi connectivity index (χ1v) is 15.4. The van der Waals surface area contributed by atoms with Crippen LogP contribution in [0.1, 0.15) is 45.6 Å². The van der Waals surface area contributed by atoms with E-state index in [0.717, 1.165) is 0 Å². The second kappa shape index (κ2) is 13.6. The Labute approximate surface area is 236 Å². The number of amides is 1. The molecular formula is C29H41FN2O7S. The highest BCUT2D eigenvalue weighted by molar-refractivity contribution is 7.91. The second-order valence-electron chi connectivity index (χ2n) is 11.1. The van der Waals surface area contributed by atoms with Gasteiger partial charge in [-0.3, -0.25) is 4.79 Å². The van der Waals surface area contributed by atoms with Crippen LogP contribution in [0.5, 0.6) is 0 Å². The Kier molecular flexibility index (Phi) is 10.8. The van der Waals surface area contributed by atoms with Crippen molar-refractivity contribution in [3.05, 3.63) is 47.3 Å². The fourth-order valence-electron chi connectivity index (χ4n) is 4.85. The molecule has 3 rings (SSSR count). The van der Waals surface area contributed by atoms with Gasteiger partial charge in [0.1, 0.15) is 18.0 Å². The van der Waals surface area contributed by atoms with Gasteiger partial charge >= 0.3 is 12.1 Å². The Bertz CT molecular complexity index is 1220. The highest BCUT2D eigenvalue weighted by atomic mass is 32.2. The Morgan fingerprint density at radius 3 is 2.48 bits per heavy atom. The predicted octanol–water partition coefficient (Wildman–Crippen LogP) is 3.82. The normalized spacial score (nSPS) is 29.0. The summed E-state index contributed by atoms with van der Waals surface area (Å²) in [5.41, 5.74) is 1.79. The second-order valence-corrected chi connectivity index (χ2v) is 13.4. The number of aliphatic hydroxyl groups is 1. The number of cyclic esters (lactones) is 1. The molecule has 1 fully saturated rings. The third kappa shape index (κ3) is 9.05. The lowest BCUT2D eigenvalue weighted by Crippen LogP contribution is -2.40. The van der Waals surface area contributed by atoms with Crippen molar-refractivity contribution < 1.29 is 37.0 Å². The van der Waals surface area contributed by atoms with E-state index < -0.39 is 46.0 Å². The molecule has 0 unspecified atom stereocenters. The van der Waals surface area contributed by atoms with Crippen molar-refractivity contribution >= 4 is 33.7 Å². The first-order valence-electron chi connectivity index (χ1n) is 13.6. The molecule has 9 nitrogen and oxygen atoms in total. The number of hydrogen-bond donors (Lipinski definition) is 1. The van der Waals surface area contributed by atoms with Crippen LogP contribution in [0.25, 0.3) is 6.08 Å². The monoisotopic (exact) mass is 580 g/mol. The van der Waals surface area contributed by atoms with Crippen LogP contribution in [0.2, 0.25) is 0 Å². The molecule has 1 aromatic rings. The van der Waals surface area contributed by atoms with Crippen molar-refractivity contribution in [1.29, 1.82) is 0 Å². The summed E-state index contributed by atoms with van der Waals surface area (Å²) in [5.74, 6) is -1.39. The number of sulfone groups is 1. The van der Waals surface area contributed by atoms with Crippen LogP contribution in [0.4, 0.5) is 14.9 Å². The van der Waals surface area contributed by atoms with Gasteiger partial charge in [-0.15, -0.1) is 0 Å². The van der Waals surface area contributed by atoms with Crippen molar-refractivity contribution in [2.24, 2.45) is 11.8 Å². The molecular weight excluding hydrogens is 539 g/mol. The number of hydrogen-bond acceptors (Lipinski definition) is 8. The molecule has 5 atom stereocenters. The Balaban J connectivity index is 1.90. The fourth-order valence-corrected chi connectivity index (χ4v) is 6.05. The zero-order valence-electron chi connectivity index (χ0n) is 23.9. The van der Waals surface area contributed by atoms with E-state index in [4.69, 9.17) is 9.47 Å². The summed E-state index contributed by atoms with van der Waals surface area (Å²) in [5, 5.41) is 10.4. The summed E-state index contributed by atoms with van der Waals surface area (Å²) in [6.07, 6.45) is 3.47. The number of ether oxygens (including phenoxy) is 2. The van der Waals surface area contributed by atoms with Gasteiger partial charge < -0.3 is 24.4 Å². The molecule has 1 saturated heterocycles. The number of esters is 1. The Morgan fingerprint density at radius 1 is 1.15 bits per heavy atom. The van der Waals surface area contributed by atoms with Gasteiger partial charge in [-0.05, 0) is 61.1 Å². The molecule has 222 valence electrons. The molecule has 0 bridgehead atoms. The average molecular weight is 581 g/mol. The summed E-state index contributed by atoms with van der Waals surface area (Å²) in [6, 6.07) is 4.53. The predicted molar refractivity (Wildman–Crippen MR) is 152 cm³/mol. The minimum atomic E-state index is -3.08. The number of rotatable bonds is 4. The largest absolute Gasteiger partial charge is 0.457 e. The fraction of sp³-hybridized carbons (Fsp3) is 0.586. The van der Waals surface area contributed by atoms with E-state index in [-0.39, 0.29) is 42.9 Å². The molecule has 40 heavy (non-hydrogen) atoms. The molecule has 2 aliphatic rings. The van der Waals surface area contributed by atoms with Crippen molar-refractivity contribution in [3.63, 3.8) is 0 Å². The number of benzene rings is 1. The molecule has 11 heteroatoms. The van der Waals surface area contributed by atoms with Crippen molar-refractivity contribution in [2.75, 3.05) is 43.6 Å². The minimum absolute atomic E-state index is 0.0188. The van der Waals surface area contributed by atoms with E-state index in [1.807, 2.05) is 24.8 Å². The van der Waals surface area contributed by atoms with Crippen LogP contribution >= 0.6 is 0 Å². The lowest BCUT2D eigenvalue weighted by molar-refractivity contribution is -0.151. The molecule has 0 spiro atoms. The number of carbonyl (C=O) groups excluding carboxylic acids is 2. The minimum Gasteiger partial charge on any atom is -0.457 e. The smallest absolute Gasteiger partial charge is 0.409 e. The lowest BCUT2D eigenvalue weighted by atomic mass is 9.91. The standard InChI is InChI=1S/C29H41FN2O7S/c1-19-6-8-25(33)18-27(34)39-28(20(2)7-9-26(19)38-29(35)31(4)5)21(3)14-22-15-23(30)17-24(16-22)32-10-12-40(36,37)13-11-32/h7,9,14-17,19-20,25-26,28,33H,6,8,10-13,18H2,1-5H3/b9-7+,21-14+/t19-,20-,25+,26-,28-/m0/s1. The van der Waals surface area contributed by atoms with Crippen LogP contribution in [0.3, 0.4) is 0 Å².